The molecule has 3 atom stereocenters. The van der Waals surface area contributed by atoms with E-state index >= 15 is 0 Å². The van der Waals surface area contributed by atoms with Crippen LogP contribution in [-0.4, -0.2) is 33.0 Å². The summed E-state index contributed by atoms with van der Waals surface area (Å²) in [6.45, 7) is 4.03. The molecule has 3 heterocycles. The number of hydrogen-bond donors (Lipinski definition) is 1. The average Bonchev–Trinajstić information content (AvgIpc) is 2.57. The number of fused-ring (bicyclic) bond motifs is 2. The zero-order valence-corrected chi connectivity index (χ0v) is 14.4. The molecule has 1 unspecified atom stereocenters. The van der Waals surface area contributed by atoms with E-state index in [9.17, 15) is 9.18 Å². The van der Waals surface area contributed by atoms with E-state index in [2.05, 4.69) is 22.2 Å². The minimum Gasteiger partial charge on any atom is -0.318 e. The number of amides is 2. The molecule has 1 N–H and O–H groups in total. The van der Waals surface area contributed by atoms with Gasteiger partial charge in [0, 0.05) is 30.0 Å². The van der Waals surface area contributed by atoms with Crippen molar-refractivity contribution in [2.24, 2.45) is 5.92 Å². The van der Waals surface area contributed by atoms with Gasteiger partial charge in [0.15, 0.2) is 5.82 Å². The van der Waals surface area contributed by atoms with Crippen LogP contribution in [-0.2, 0) is 0 Å². The van der Waals surface area contributed by atoms with E-state index in [-0.39, 0.29) is 11.7 Å². The van der Waals surface area contributed by atoms with Crippen LogP contribution in [0.2, 0.25) is 0 Å². The lowest BCUT2D eigenvalue weighted by Crippen LogP contribution is -2.63. The molecular formula is C19H21FN4O. The first-order chi connectivity index (χ1) is 12.0. The molecule has 6 heteroatoms. The molecule has 0 radical (unpaired) electrons. The minimum atomic E-state index is -0.440. The van der Waals surface area contributed by atoms with Gasteiger partial charge in [-0.1, -0.05) is 6.92 Å². The van der Waals surface area contributed by atoms with Crippen molar-refractivity contribution in [2.45, 2.75) is 45.2 Å². The Morgan fingerprint density at radius 2 is 1.88 bits per heavy atom. The second-order valence-electron chi connectivity index (χ2n) is 7.18. The number of aromatic nitrogens is 2. The summed E-state index contributed by atoms with van der Waals surface area (Å²) in [7, 11) is 0. The number of rotatable bonds is 2. The molecule has 2 bridgehead atoms. The SMILES string of the molecule is Cc1cc(F)c(NC(=O)N2C3C[C@H](C)C[C@@H]2C3)cc1-c1ncccn1. The van der Waals surface area contributed by atoms with E-state index in [0.29, 0.717) is 23.8 Å². The van der Waals surface area contributed by atoms with Gasteiger partial charge in [0.05, 0.1) is 5.69 Å². The van der Waals surface area contributed by atoms with Crippen LogP contribution in [0.5, 0.6) is 0 Å². The maximum Gasteiger partial charge on any atom is 0.322 e. The number of benzene rings is 1. The van der Waals surface area contributed by atoms with Crippen molar-refractivity contribution >= 4 is 11.7 Å². The van der Waals surface area contributed by atoms with Crippen LogP contribution in [0.1, 0.15) is 31.7 Å². The van der Waals surface area contributed by atoms with Gasteiger partial charge in [0.2, 0.25) is 0 Å². The molecule has 2 aliphatic heterocycles. The van der Waals surface area contributed by atoms with Crippen LogP contribution < -0.4 is 5.32 Å². The lowest BCUT2D eigenvalue weighted by atomic mass is 9.74. The predicted octanol–water partition coefficient (Wildman–Crippen LogP) is 4.00. The molecule has 0 aliphatic carbocycles. The van der Waals surface area contributed by atoms with E-state index in [1.54, 1.807) is 24.5 Å². The molecule has 2 saturated heterocycles. The Morgan fingerprint density at radius 1 is 1.20 bits per heavy atom. The minimum absolute atomic E-state index is 0.177. The lowest BCUT2D eigenvalue weighted by molar-refractivity contribution is -0.00603. The molecule has 1 aromatic heterocycles. The molecule has 0 spiro atoms. The van der Waals surface area contributed by atoms with Crippen molar-refractivity contribution in [2.75, 3.05) is 5.32 Å². The number of carbonyl (C=O) groups is 1. The predicted molar refractivity (Wildman–Crippen MR) is 93.6 cm³/mol. The fourth-order valence-corrected chi connectivity index (χ4v) is 4.11. The quantitative estimate of drug-likeness (QED) is 0.899. The molecule has 2 amide bonds. The van der Waals surface area contributed by atoms with Crippen molar-refractivity contribution < 1.29 is 9.18 Å². The fourth-order valence-electron chi connectivity index (χ4n) is 4.11. The molecule has 2 aliphatic rings. The highest BCUT2D eigenvalue weighted by atomic mass is 19.1. The Labute approximate surface area is 146 Å². The third-order valence-electron chi connectivity index (χ3n) is 5.28. The molecular weight excluding hydrogens is 319 g/mol. The fraction of sp³-hybridized carbons (Fsp3) is 0.421. The summed E-state index contributed by atoms with van der Waals surface area (Å²) in [5.74, 6) is 0.737. The molecule has 25 heavy (non-hydrogen) atoms. The van der Waals surface area contributed by atoms with Gasteiger partial charge < -0.3 is 10.2 Å². The van der Waals surface area contributed by atoms with Gasteiger partial charge >= 0.3 is 6.03 Å². The van der Waals surface area contributed by atoms with Crippen LogP contribution in [0.25, 0.3) is 11.4 Å². The second-order valence-corrected chi connectivity index (χ2v) is 7.18. The van der Waals surface area contributed by atoms with Crippen molar-refractivity contribution in [3.05, 3.63) is 42.0 Å². The Bertz CT molecular complexity index is 799. The number of halogens is 1. The molecule has 4 rings (SSSR count). The highest BCUT2D eigenvalue weighted by molar-refractivity contribution is 5.91. The number of carbonyl (C=O) groups excluding carboxylic acids is 1. The smallest absolute Gasteiger partial charge is 0.318 e. The Hall–Kier alpha value is -2.50. The maximum atomic E-state index is 14.4. The average molecular weight is 340 g/mol. The largest absolute Gasteiger partial charge is 0.322 e. The van der Waals surface area contributed by atoms with Gasteiger partial charge in [-0.2, -0.15) is 0 Å². The lowest BCUT2D eigenvalue weighted by Gasteiger charge is -2.54. The zero-order chi connectivity index (χ0) is 17.6. The van der Waals surface area contributed by atoms with E-state index in [1.165, 1.54) is 6.07 Å². The van der Waals surface area contributed by atoms with Crippen LogP contribution in [0.4, 0.5) is 14.9 Å². The van der Waals surface area contributed by atoms with Crippen LogP contribution in [0.15, 0.2) is 30.6 Å². The van der Waals surface area contributed by atoms with Crippen LogP contribution >= 0.6 is 0 Å². The normalized spacial score (nSPS) is 24.6. The van der Waals surface area contributed by atoms with E-state index < -0.39 is 5.82 Å². The first-order valence-corrected chi connectivity index (χ1v) is 8.69. The number of anilines is 1. The number of aryl methyl sites for hydroxylation is 1. The molecule has 130 valence electrons. The third kappa shape index (κ3) is 2.86. The number of nitrogens with one attached hydrogen (secondary N) is 1. The molecule has 0 saturated carbocycles. The van der Waals surface area contributed by atoms with Crippen LogP contribution in [0.3, 0.4) is 0 Å². The summed E-state index contributed by atoms with van der Waals surface area (Å²) in [6, 6.07) is 5.14. The molecule has 5 nitrogen and oxygen atoms in total. The monoisotopic (exact) mass is 340 g/mol. The van der Waals surface area contributed by atoms with Gasteiger partial charge in [-0.25, -0.2) is 19.2 Å². The van der Waals surface area contributed by atoms with Gasteiger partial charge in [-0.15, -0.1) is 0 Å². The van der Waals surface area contributed by atoms with E-state index in [1.807, 2.05) is 11.8 Å². The summed E-state index contributed by atoms with van der Waals surface area (Å²) in [5.41, 5.74) is 1.63. The summed E-state index contributed by atoms with van der Waals surface area (Å²) >= 11 is 0. The van der Waals surface area contributed by atoms with Crippen molar-refractivity contribution in [3.63, 3.8) is 0 Å². The Morgan fingerprint density at radius 3 is 2.56 bits per heavy atom. The second kappa shape index (κ2) is 6.10. The van der Waals surface area contributed by atoms with E-state index in [4.69, 9.17) is 0 Å². The third-order valence-corrected chi connectivity index (χ3v) is 5.28. The van der Waals surface area contributed by atoms with Crippen molar-refractivity contribution in [1.29, 1.82) is 0 Å². The molecule has 2 aromatic rings. The Balaban J connectivity index is 1.58. The van der Waals surface area contributed by atoms with E-state index in [0.717, 1.165) is 30.4 Å². The highest BCUT2D eigenvalue weighted by Crippen LogP contribution is 2.41. The topological polar surface area (TPSA) is 58.1 Å². The van der Waals surface area contributed by atoms with Crippen molar-refractivity contribution in [3.8, 4) is 11.4 Å². The molecule has 2 fully saturated rings. The van der Waals surface area contributed by atoms with Gasteiger partial charge in [-0.05, 0) is 55.9 Å². The Kier molecular flexibility index (Phi) is 3.90. The summed E-state index contributed by atoms with van der Waals surface area (Å²) < 4.78 is 14.4. The van der Waals surface area contributed by atoms with Gasteiger partial charge in [-0.3, -0.25) is 0 Å². The number of piperidine rings is 1. The van der Waals surface area contributed by atoms with Crippen molar-refractivity contribution in [1.82, 2.24) is 14.9 Å². The highest BCUT2D eigenvalue weighted by Gasteiger charge is 2.46. The molecule has 1 aromatic carbocycles. The first kappa shape index (κ1) is 16.0. The number of urea groups is 1. The first-order valence-electron chi connectivity index (χ1n) is 8.69. The summed E-state index contributed by atoms with van der Waals surface area (Å²) in [6.07, 6.45) is 6.42. The number of hydrogen-bond acceptors (Lipinski definition) is 3. The van der Waals surface area contributed by atoms with Gasteiger partial charge in [0.1, 0.15) is 5.82 Å². The van der Waals surface area contributed by atoms with Crippen LogP contribution in [0, 0.1) is 18.7 Å². The number of nitrogens with zero attached hydrogens (tertiary/aromatic N) is 3. The zero-order valence-electron chi connectivity index (χ0n) is 14.4. The summed E-state index contributed by atoms with van der Waals surface area (Å²) in [5, 5.41) is 2.75. The standard InChI is InChI=1S/C19H21FN4O/c1-11-6-13-9-14(7-11)24(13)19(25)23-17-10-15(12(2)8-16(17)20)18-21-4-3-5-22-18/h3-5,8,10-11,13-14H,6-7,9H2,1-2H3,(H,23,25)/t11-,13-,14?/m1/s1. The maximum absolute atomic E-state index is 14.4. The summed E-state index contributed by atoms with van der Waals surface area (Å²) in [4.78, 5) is 22.9. The van der Waals surface area contributed by atoms with Gasteiger partial charge in [0.25, 0.3) is 0 Å².